The van der Waals surface area contributed by atoms with Gasteiger partial charge in [0, 0.05) is 13.1 Å². The van der Waals surface area contributed by atoms with Gasteiger partial charge in [-0.15, -0.1) is 0 Å². The molecule has 2 rings (SSSR count). The van der Waals surface area contributed by atoms with Crippen LogP contribution in [0.2, 0.25) is 0 Å². The molecule has 1 heterocycles. The summed E-state index contributed by atoms with van der Waals surface area (Å²) in [6.45, 7) is 5.93. The standard InChI is InChI=1S/C24H40F2N2O/c1-3-5-6-7-8-9-11-19-16-27-24(28-17-19)20-12-14-21(15-13-20)29-18-23(26)22(25)10-4-2/h12-15,19,22-24,27-28H,3-11,16-18H2,1-2H3/t19?,22-,23-,24?/m0/s1. The van der Waals surface area contributed by atoms with E-state index in [4.69, 9.17) is 4.74 Å². The molecule has 1 aromatic rings. The molecular formula is C24H40F2N2O. The third kappa shape index (κ3) is 9.00. The number of alkyl halides is 2. The predicted octanol–water partition coefficient (Wildman–Crippen LogP) is 6.10. The highest BCUT2D eigenvalue weighted by Crippen LogP contribution is 2.21. The van der Waals surface area contributed by atoms with Crippen LogP contribution in [0, 0.1) is 5.92 Å². The van der Waals surface area contributed by atoms with Crippen molar-refractivity contribution in [1.82, 2.24) is 10.6 Å². The van der Waals surface area contributed by atoms with Gasteiger partial charge in [0.15, 0.2) is 6.17 Å². The summed E-state index contributed by atoms with van der Waals surface area (Å²) in [6.07, 6.45) is 7.36. The molecule has 166 valence electrons. The fourth-order valence-electron chi connectivity index (χ4n) is 3.86. The van der Waals surface area contributed by atoms with E-state index in [2.05, 4.69) is 17.6 Å². The number of rotatable bonds is 14. The van der Waals surface area contributed by atoms with Gasteiger partial charge in [0.1, 0.15) is 18.5 Å². The molecule has 0 aliphatic carbocycles. The van der Waals surface area contributed by atoms with Gasteiger partial charge in [-0.2, -0.15) is 0 Å². The van der Waals surface area contributed by atoms with E-state index < -0.39 is 12.3 Å². The van der Waals surface area contributed by atoms with Crippen LogP contribution < -0.4 is 15.4 Å². The summed E-state index contributed by atoms with van der Waals surface area (Å²) in [7, 11) is 0. The lowest BCUT2D eigenvalue weighted by atomic mass is 9.97. The van der Waals surface area contributed by atoms with E-state index in [9.17, 15) is 8.78 Å². The number of ether oxygens (including phenoxy) is 1. The Morgan fingerprint density at radius 3 is 2.21 bits per heavy atom. The van der Waals surface area contributed by atoms with Crippen LogP contribution in [0.1, 0.15) is 83.4 Å². The number of nitrogens with one attached hydrogen (secondary N) is 2. The maximum atomic E-state index is 13.7. The van der Waals surface area contributed by atoms with E-state index in [0.29, 0.717) is 18.1 Å². The van der Waals surface area contributed by atoms with Gasteiger partial charge in [0.2, 0.25) is 0 Å². The lowest BCUT2D eigenvalue weighted by Crippen LogP contribution is -2.46. The van der Waals surface area contributed by atoms with Crippen LogP contribution in [0.3, 0.4) is 0 Å². The molecule has 0 unspecified atom stereocenters. The van der Waals surface area contributed by atoms with Crippen molar-refractivity contribution >= 4 is 0 Å². The molecule has 2 N–H and O–H groups in total. The second kappa shape index (κ2) is 13.9. The Hall–Kier alpha value is -1.20. The molecule has 1 saturated heterocycles. The average Bonchev–Trinajstić information content (AvgIpc) is 2.75. The fourth-order valence-corrected chi connectivity index (χ4v) is 3.86. The monoisotopic (exact) mass is 410 g/mol. The number of hydrogen-bond acceptors (Lipinski definition) is 3. The summed E-state index contributed by atoms with van der Waals surface area (Å²) >= 11 is 0. The number of benzene rings is 1. The molecule has 1 fully saturated rings. The van der Waals surface area contributed by atoms with Crippen molar-refractivity contribution in [2.45, 2.75) is 90.1 Å². The molecule has 5 heteroatoms. The van der Waals surface area contributed by atoms with E-state index in [-0.39, 0.29) is 19.2 Å². The van der Waals surface area contributed by atoms with Gasteiger partial charge in [0.05, 0.1) is 6.17 Å². The Balaban J connectivity index is 1.65. The molecule has 1 aliphatic rings. The topological polar surface area (TPSA) is 33.3 Å². The van der Waals surface area contributed by atoms with Crippen LogP contribution in [0.5, 0.6) is 5.75 Å². The van der Waals surface area contributed by atoms with Crippen molar-refractivity contribution in [3.63, 3.8) is 0 Å². The molecule has 29 heavy (non-hydrogen) atoms. The Bertz CT molecular complexity index is 532. The second-order valence-electron chi connectivity index (χ2n) is 8.37. The molecule has 2 atom stereocenters. The molecule has 1 aromatic carbocycles. The van der Waals surface area contributed by atoms with Crippen LogP contribution in [-0.2, 0) is 0 Å². The maximum Gasteiger partial charge on any atom is 0.165 e. The van der Waals surface area contributed by atoms with E-state index in [1.807, 2.05) is 31.2 Å². The summed E-state index contributed by atoms with van der Waals surface area (Å²) in [4.78, 5) is 0. The highest BCUT2D eigenvalue weighted by molar-refractivity contribution is 5.29. The van der Waals surface area contributed by atoms with Crippen LogP contribution in [0.25, 0.3) is 0 Å². The van der Waals surface area contributed by atoms with Gasteiger partial charge < -0.3 is 4.74 Å². The smallest absolute Gasteiger partial charge is 0.165 e. The van der Waals surface area contributed by atoms with E-state index in [1.54, 1.807) is 0 Å². The van der Waals surface area contributed by atoms with Crippen molar-refractivity contribution < 1.29 is 13.5 Å². The zero-order chi connectivity index (χ0) is 20.9. The molecular weight excluding hydrogens is 370 g/mol. The average molecular weight is 411 g/mol. The summed E-state index contributed by atoms with van der Waals surface area (Å²) in [6, 6.07) is 7.64. The molecule has 0 saturated carbocycles. The lowest BCUT2D eigenvalue weighted by molar-refractivity contribution is 0.103. The summed E-state index contributed by atoms with van der Waals surface area (Å²) in [5.41, 5.74) is 1.14. The largest absolute Gasteiger partial charge is 0.490 e. The van der Waals surface area contributed by atoms with Crippen LogP contribution in [0.4, 0.5) is 8.78 Å². The predicted molar refractivity (Wildman–Crippen MR) is 117 cm³/mol. The van der Waals surface area contributed by atoms with Crippen molar-refractivity contribution in [1.29, 1.82) is 0 Å². The first-order chi connectivity index (χ1) is 14.1. The van der Waals surface area contributed by atoms with Gasteiger partial charge in [-0.3, -0.25) is 10.6 Å². The Labute approximate surface area is 176 Å². The Morgan fingerprint density at radius 1 is 0.897 bits per heavy atom. The highest BCUT2D eigenvalue weighted by atomic mass is 19.2. The van der Waals surface area contributed by atoms with Gasteiger partial charge in [-0.05, 0) is 36.5 Å². The van der Waals surface area contributed by atoms with Crippen LogP contribution in [-0.4, -0.2) is 32.0 Å². The van der Waals surface area contributed by atoms with Gasteiger partial charge in [0.25, 0.3) is 0 Å². The third-order valence-electron chi connectivity index (χ3n) is 5.77. The van der Waals surface area contributed by atoms with Gasteiger partial charge >= 0.3 is 0 Å². The zero-order valence-corrected chi connectivity index (χ0v) is 18.3. The van der Waals surface area contributed by atoms with E-state index in [0.717, 1.165) is 18.7 Å². The first-order valence-corrected chi connectivity index (χ1v) is 11.6. The molecule has 0 amide bonds. The molecule has 0 bridgehead atoms. The third-order valence-corrected chi connectivity index (χ3v) is 5.77. The van der Waals surface area contributed by atoms with Crippen molar-refractivity contribution in [2.24, 2.45) is 5.92 Å². The Kier molecular flexibility index (Phi) is 11.6. The summed E-state index contributed by atoms with van der Waals surface area (Å²) in [5, 5.41) is 7.17. The lowest BCUT2D eigenvalue weighted by Gasteiger charge is -2.31. The van der Waals surface area contributed by atoms with Crippen LogP contribution >= 0.6 is 0 Å². The molecule has 0 radical (unpaired) electrons. The minimum atomic E-state index is -1.57. The Morgan fingerprint density at radius 2 is 1.55 bits per heavy atom. The maximum absolute atomic E-state index is 13.7. The minimum absolute atomic E-state index is 0.138. The molecule has 0 aromatic heterocycles. The van der Waals surface area contributed by atoms with E-state index >= 15 is 0 Å². The van der Waals surface area contributed by atoms with Gasteiger partial charge in [-0.1, -0.05) is 70.9 Å². The van der Waals surface area contributed by atoms with Crippen molar-refractivity contribution in [3.8, 4) is 5.75 Å². The summed E-state index contributed by atoms with van der Waals surface area (Å²) in [5.74, 6) is 1.27. The first kappa shape index (κ1) is 24.1. The number of hydrogen-bond donors (Lipinski definition) is 2. The SMILES string of the molecule is CCCCCCCCC1CNC(c2ccc(OC[C@H](F)[C@@H](F)CCC)cc2)NC1. The van der Waals surface area contributed by atoms with Gasteiger partial charge in [-0.25, -0.2) is 8.78 Å². The summed E-state index contributed by atoms with van der Waals surface area (Å²) < 4.78 is 32.7. The van der Waals surface area contributed by atoms with Crippen LogP contribution in [0.15, 0.2) is 24.3 Å². The number of halogens is 2. The molecule has 0 spiro atoms. The highest BCUT2D eigenvalue weighted by Gasteiger charge is 2.22. The first-order valence-electron chi connectivity index (χ1n) is 11.6. The minimum Gasteiger partial charge on any atom is -0.490 e. The number of unbranched alkanes of at least 4 members (excludes halogenated alkanes) is 5. The molecule has 1 aliphatic heterocycles. The zero-order valence-electron chi connectivity index (χ0n) is 18.3. The normalized spacial score (nSPS) is 21.7. The van der Waals surface area contributed by atoms with E-state index in [1.165, 1.54) is 44.9 Å². The fraction of sp³-hybridized carbons (Fsp3) is 0.750. The quantitative estimate of drug-likeness (QED) is 0.364. The van der Waals surface area contributed by atoms with Crippen molar-refractivity contribution in [3.05, 3.63) is 29.8 Å². The second-order valence-corrected chi connectivity index (χ2v) is 8.37. The molecule has 3 nitrogen and oxygen atoms in total. The van der Waals surface area contributed by atoms with Crippen molar-refractivity contribution in [2.75, 3.05) is 19.7 Å².